The van der Waals surface area contributed by atoms with E-state index in [2.05, 4.69) is 32.3 Å². The van der Waals surface area contributed by atoms with Crippen molar-refractivity contribution in [2.45, 2.75) is 45.9 Å². The van der Waals surface area contributed by atoms with Crippen molar-refractivity contribution >= 4 is 10.9 Å². The molecule has 4 aromatic rings. The first-order valence-corrected chi connectivity index (χ1v) is 10.7. The average Bonchev–Trinajstić information content (AvgIpc) is 3.46. The van der Waals surface area contributed by atoms with Crippen molar-refractivity contribution in [3.63, 3.8) is 0 Å². The third-order valence-corrected chi connectivity index (χ3v) is 5.58. The highest BCUT2D eigenvalue weighted by molar-refractivity contribution is 5.79. The molecule has 32 heavy (non-hydrogen) atoms. The number of fused-ring (bicyclic) bond motifs is 1. The van der Waals surface area contributed by atoms with Gasteiger partial charge in [0.15, 0.2) is 5.82 Å². The number of furan rings is 1. The van der Waals surface area contributed by atoms with E-state index in [1.165, 1.54) is 0 Å². The summed E-state index contributed by atoms with van der Waals surface area (Å²) in [6, 6.07) is 11.7. The minimum absolute atomic E-state index is 0.0960. The smallest absolute Gasteiger partial charge is 0.252 e. The van der Waals surface area contributed by atoms with Crippen molar-refractivity contribution < 1.29 is 9.15 Å². The fourth-order valence-electron chi connectivity index (χ4n) is 3.97. The molecule has 4 rings (SSSR count). The van der Waals surface area contributed by atoms with Crippen LogP contribution in [-0.2, 0) is 24.4 Å². The number of nitrogens with one attached hydrogen (secondary N) is 1. The Labute approximate surface area is 186 Å². The van der Waals surface area contributed by atoms with Gasteiger partial charge in [0, 0.05) is 24.7 Å². The Bertz CT molecular complexity index is 1210. The van der Waals surface area contributed by atoms with Crippen LogP contribution in [0.15, 0.2) is 51.9 Å². The van der Waals surface area contributed by atoms with Crippen LogP contribution in [0.25, 0.3) is 10.9 Å². The van der Waals surface area contributed by atoms with Crippen molar-refractivity contribution in [1.82, 2.24) is 30.1 Å². The summed E-state index contributed by atoms with van der Waals surface area (Å²) < 4.78 is 12.6. The molecule has 0 aliphatic heterocycles. The van der Waals surface area contributed by atoms with Crippen LogP contribution in [0.4, 0.5) is 0 Å². The average molecular weight is 437 g/mol. The molecule has 1 atom stereocenters. The number of benzene rings is 1. The van der Waals surface area contributed by atoms with Gasteiger partial charge < -0.3 is 14.1 Å². The van der Waals surface area contributed by atoms with Gasteiger partial charge in [0.1, 0.15) is 5.76 Å². The first-order chi connectivity index (χ1) is 15.6. The molecule has 0 bridgehead atoms. The molecule has 0 radical (unpaired) electrons. The number of hydrogen-bond donors (Lipinski definition) is 1. The third-order valence-electron chi connectivity index (χ3n) is 5.58. The van der Waals surface area contributed by atoms with Crippen molar-refractivity contribution in [2.24, 2.45) is 0 Å². The largest absolute Gasteiger partial charge is 0.468 e. The number of aromatic nitrogens is 5. The summed E-state index contributed by atoms with van der Waals surface area (Å²) in [5, 5.41) is 13.3. The van der Waals surface area contributed by atoms with Gasteiger partial charge in [-0.3, -0.25) is 9.69 Å². The molecule has 0 spiro atoms. The SMILES string of the molecule is CC[C@H](c1nnnn1CCOC)N(Cc1ccco1)Cc1cc2ccc(C)cc2[nH]c1=O. The summed E-state index contributed by atoms with van der Waals surface area (Å²) in [7, 11) is 1.65. The van der Waals surface area contributed by atoms with E-state index in [1.807, 2.05) is 43.3 Å². The second-order valence-electron chi connectivity index (χ2n) is 7.88. The summed E-state index contributed by atoms with van der Waals surface area (Å²) in [6.45, 7) is 6.11. The predicted octanol–water partition coefficient (Wildman–Crippen LogP) is 3.22. The predicted molar refractivity (Wildman–Crippen MR) is 120 cm³/mol. The molecule has 3 aromatic heterocycles. The van der Waals surface area contributed by atoms with Crippen molar-refractivity contribution in [3.05, 3.63) is 75.7 Å². The topological polar surface area (TPSA) is 102 Å². The molecule has 168 valence electrons. The first-order valence-electron chi connectivity index (χ1n) is 10.7. The summed E-state index contributed by atoms with van der Waals surface area (Å²) >= 11 is 0. The van der Waals surface area contributed by atoms with E-state index < -0.39 is 0 Å². The van der Waals surface area contributed by atoms with Crippen LogP contribution in [-0.4, -0.2) is 43.8 Å². The molecular formula is C23H28N6O3. The number of tetrazole rings is 1. The number of nitrogens with zero attached hydrogens (tertiary/aromatic N) is 5. The molecule has 0 fully saturated rings. The van der Waals surface area contributed by atoms with Crippen LogP contribution >= 0.6 is 0 Å². The lowest BCUT2D eigenvalue weighted by Crippen LogP contribution is -2.32. The van der Waals surface area contributed by atoms with Gasteiger partial charge in [-0.05, 0) is 59.0 Å². The second kappa shape index (κ2) is 9.88. The number of ether oxygens (including phenoxy) is 1. The van der Waals surface area contributed by atoms with Gasteiger partial charge in [0.25, 0.3) is 5.56 Å². The number of rotatable bonds is 10. The zero-order valence-corrected chi connectivity index (χ0v) is 18.6. The zero-order chi connectivity index (χ0) is 22.5. The molecule has 0 saturated carbocycles. The number of aromatic amines is 1. The lowest BCUT2D eigenvalue weighted by molar-refractivity contribution is 0.142. The highest BCUT2D eigenvalue weighted by atomic mass is 16.5. The molecule has 0 aliphatic rings. The Morgan fingerprint density at radius 1 is 1.25 bits per heavy atom. The molecule has 9 heteroatoms. The van der Waals surface area contributed by atoms with Crippen molar-refractivity contribution in [3.8, 4) is 0 Å². The number of aryl methyl sites for hydroxylation is 1. The van der Waals surface area contributed by atoms with E-state index in [0.717, 1.165) is 34.5 Å². The Hall–Kier alpha value is -3.30. The summed E-state index contributed by atoms with van der Waals surface area (Å²) in [6.07, 6.45) is 2.42. The fraction of sp³-hybridized carbons (Fsp3) is 0.391. The van der Waals surface area contributed by atoms with Gasteiger partial charge in [0.2, 0.25) is 0 Å². The quantitative estimate of drug-likeness (QED) is 0.407. The minimum atomic E-state index is -0.111. The molecule has 1 aromatic carbocycles. The molecule has 3 heterocycles. The van der Waals surface area contributed by atoms with Crippen molar-refractivity contribution in [2.75, 3.05) is 13.7 Å². The van der Waals surface area contributed by atoms with Crippen LogP contribution in [0, 0.1) is 6.92 Å². The van der Waals surface area contributed by atoms with E-state index >= 15 is 0 Å². The second-order valence-corrected chi connectivity index (χ2v) is 7.88. The summed E-state index contributed by atoms with van der Waals surface area (Å²) in [5.74, 6) is 1.55. The molecule has 0 saturated heterocycles. The number of methoxy groups -OCH3 is 1. The Morgan fingerprint density at radius 3 is 2.88 bits per heavy atom. The zero-order valence-electron chi connectivity index (χ0n) is 18.6. The summed E-state index contributed by atoms with van der Waals surface area (Å²) in [5.41, 5.74) is 2.53. The van der Waals surface area contributed by atoms with Crippen LogP contribution < -0.4 is 5.56 Å². The molecule has 1 N–H and O–H groups in total. The van der Waals surface area contributed by atoms with E-state index in [0.29, 0.717) is 31.8 Å². The van der Waals surface area contributed by atoms with E-state index in [9.17, 15) is 4.79 Å². The van der Waals surface area contributed by atoms with E-state index in [-0.39, 0.29) is 11.6 Å². The van der Waals surface area contributed by atoms with Gasteiger partial charge in [-0.1, -0.05) is 19.1 Å². The highest BCUT2D eigenvalue weighted by Crippen LogP contribution is 2.26. The Morgan fingerprint density at radius 2 is 2.12 bits per heavy atom. The van der Waals surface area contributed by atoms with Gasteiger partial charge in [0.05, 0.1) is 32.0 Å². The van der Waals surface area contributed by atoms with Crippen LogP contribution in [0.2, 0.25) is 0 Å². The van der Waals surface area contributed by atoms with Crippen molar-refractivity contribution in [1.29, 1.82) is 0 Å². The van der Waals surface area contributed by atoms with E-state index in [1.54, 1.807) is 18.1 Å². The molecule has 0 aliphatic carbocycles. The standard InChI is InChI=1S/C23H28N6O3/c1-4-21(22-25-26-27-29(22)9-11-31-3)28(15-19-6-5-10-32-19)14-18-13-17-8-7-16(2)12-20(17)24-23(18)30/h5-8,10,12-13,21H,4,9,11,14-15H2,1-3H3,(H,24,30)/t21-/m1/s1. The minimum Gasteiger partial charge on any atom is -0.468 e. The maximum absolute atomic E-state index is 12.9. The van der Waals surface area contributed by atoms with Crippen LogP contribution in [0.5, 0.6) is 0 Å². The molecule has 0 amide bonds. The monoisotopic (exact) mass is 436 g/mol. The number of H-pyrrole nitrogens is 1. The van der Waals surface area contributed by atoms with Gasteiger partial charge in [-0.2, -0.15) is 0 Å². The Balaban J connectivity index is 1.70. The molecular weight excluding hydrogens is 408 g/mol. The van der Waals surface area contributed by atoms with E-state index in [4.69, 9.17) is 9.15 Å². The fourth-order valence-corrected chi connectivity index (χ4v) is 3.97. The Kier molecular flexibility index (Phi) is 6.77. The van der Waals surface area contributed by atoms with Crippen LogP contribution in [0.3, 0.4) is 0 Å². The molecule has 9 nitrogen and oxygen atoms in total. The highest BCUT2D eigenvalue weighted by Gasteiger charge is 2.26. The van der Waals surface area contributed by atoms with Crippen LogP contribution in [0.1, 0.15) is 42.1 Å². The molecule has 0 unspecified atom stereocenters. The van der Waals surface area contributed by atoms with Gasteiger partial charge in [-0.25, -0.2) is 4.68 Å². The van der Waals surface area contributed by atoms with Gasteiger partial charge >= 0.3 is 0 Å². The van der Waals surface area contributed by atoms with Gasteiger partial charge in [-0.15, -0.1) is 5.10 Å². The lowest BCUT2D eigenvalue weighted by Gasteiger charge is -2.29. The summed E-state index contributed by atoms with van der Waals surface area (Å²) in [4.78, 5) is 18.1. The lowest BCUT2D eigenvalue weighted by atomic mass is 10.1. The maximum Gasteiger partial charge on any atom is 0.252 e. The number of pyridine rings is 1. The third kappa shape index (κ3) is 4.79. The number of hydrogen-bond acceptors (Lipinski definition) is 7. The first kappa shape index (κ1) is 21.9. The normalized spacial score (nSPS) is 12.6. The maximum atomic E-state index is 12.9.